The van der Waals surface area contributed by atoms with Gasteiger partial charge in [0.1, 0.15) is 12.0 Å². The molecule has 1 atom stereocenters. The highest BCUT2D eigenvalue weighted by atomic mass is 16.5. The molecule has 2 saturated heterocycles. The molecular formula is C22H32N4O2. The van der Waals surface area contributed by atoms with Gasteiger partial charge in [0.05, 0.1) is 12.3 Å². The van der Waals surface area contributed by atoms with E-state index in [2.05, 4.69) is 27.0 Å². The first-order chi connectivity index (χ1) is 13.8. The van der Waals surface area contributed by atoms with E-state index in [4.69, 9.17) is 9.15 Å². The summed E-state index contributed by atoms with van der Waals surface area (Å²) in [5, 5.41) is 3.37. The molecule has 1 N–H and O–H groups in total. The summed E-state index contributed by atoms with van der Waals surface area (Å²) in [6.45, 7) is 10.5. The summed E-state index contributed by atoms with van der Waals surface area (Å²) in [7, 11) is 0. The Labute approximate surface area is 167 Å². The minimum absolute atomic E-state index is 0.680. The number of nitrogens with one attached hydrogen (secondary N) is 1. The van der Waals surface area contributed by atoms with Gasteiger partial charge in [-0.3, -0.25) is 4.90 Å². The molecule has 3 heterocycles. The fraction of sp³-hybridized carbons (Fsp3) is 0.591. The van der Waals surface area contributed by atoms with Crippen molar-refractivity contribution in [2.24, 2.45) is 0 Å². The van der Waals surface area contributed by atoms with Crippen molar-refractivity contribution >= 4 is 0 Å². The van der Waals surface area contributed by atoms with E-state index in [1.165, 1.54) is 19.4 Å². The molecule has 1 unspecified atom stereocenters. The third kappa shape index (κ3) is 5.13. The third-order valence-corrected chi connectivity index (χ3v) is 5.80. The van der Waals surface area contributed by atoms with Gasteiger partial charge in [-0.05, 0) is 57.0 Å². The number of benzene rings is 1. The zero-order valence-corrected chi connectivity index (χ0v) is 16.9. The first kappa shape index (κ1) is 19.4. The lowest BCUT2D eigenvalue weighted by molar-refractivity contribution is 0.230. The molecule has 1 aromatic heterocycles. The van der Waals surface area contributed by atoms with Crippen molar-refractivity contribution < 1.29 is 9.15 Å². The minimum atomic E-state index is 0.680. The molecule has 2 aliphatic rings. The second kappa shape index (κ2) is 9.54. The lowest BCUT2D eigenvalue weighted by atomic mass is 10.2. The van der Waals surface area contributed by atoms with Gasteiger partial charge in [0.2, 0.25) is 5.89 Å². The maximum absolute atomic E-state index is 5.91. The normalized spacial score (nSPS) is 21.2. The van der Waals surface area contributed by atoms with Gasteiger partial charge in [0, 0.05) is 50.9 Å². The van der Waals surface area contributed by atoms with Crippen molar-refractivity contribution in [1.29, 1.82) is 0 Å². The average Bonchev–Trinajstić information content (AvgIpc) is 3.36. The molecule has 0 amide bonds. The van der Waals surface area contributed by atoms with Crippen LogP contribution in [0.3, 0.4) is 0 Å². The predicted octanol–water partition coefficient (Wildman–Crippen LogP) is 3.00. The monoisotopic (exact) mass is 384 g/mol. The standard InChI is InChI=1S/C22H32N4O2/c1-18-4-2-11-26(18)12-3-15-27-21-7-5-19(6-8-21)22-24-20(17-28-22)16-25-13-9-23-10-14-25/h5-8,17-18,23H,2-4,9-16H2,1H3. The molecule has 0 saturated carbocycles. The van der Waals surface area contributed by atoms with Crippen LogP contribution in [0.15, 0.2) is 34.9 Å². The number of oxazole rings is 1. The highest BCUT2D eigenvalue weighted by Crippen LogP contribution is 2.23. The Morgan fingerprint density at radius 2 is 2.00 bits per heavy atom. The number of piperazine rings is 1. The summed E-state index contributed by atoms with van der Waals surface area (Å²) >= 11 is 0. The second-order valence-corrected chi connectivity index (χ2v) is 7.92. The summed E-state index contributed by atoms with van der Waals surface area (Å²) in [5.41, 5.74) is 1.98. The van der Waals surface area contributed by atoms with Gasteiger partial charge in [-0.15, -0.1) is 0 Å². The predicted molar refractivity (Wildman–Crippen MR) is 110 cm³/mol. The molecule has 1 aromatic carbocycles. The molecule has 4 rings (SSSR count). The van der Waals surface area contributed by atoms with Crippen LogP contribution in [-0.4, -0.2) is 66.7 Å². The molecule has 6 heteroatoms. The molecule has 2 fully saturated rings. The van der Waals surface area contributed by atoms with Crippen LogP contribution in [0.1, 0.15) is 31.9 Å². The molecule has 28 heavy (non-hydrogen) atoms. The Hall–Kier alpha value is -1.89. The smallest absolute Gasteiger partial charge is 0.226 e. The van der Waals surface area contributed by atoms with Crippen LogP contribution in [0.5, 0.6) is 5.75 Å². The van der Waals surface area contributed by atoms with Crippen LogP contribution in [0, 0.1) is 0 Å². The fourth-order valence-corrected chi connectivity index (χ4v) is 4.09. The number of hydrogen-bond acceptors (Lipinski definition) is 6. The van der Waals surface area contributed by atoms with Crippen LogP contribution < -0.4 is 10.1 Å². The van der Waals surface area contributed by atoms with E-state index in [1.54, 1.807) is 6.26 Å². The zero-order valence-electron chi connectivity index (χ0n) is 16.9. The number of hydrogen-bond donors (Lipinski definition) is 1. The molecule has 6 nitrogen and oxygen atoms in total. The quantitative estimate of drug-likeness (QED) is 0.706. The third-order valence-electron chi connectivity index (χ3n) is 5.80. The van der Waals surface area contributed by atoms with Crippen LogP contribution >= 0.6 is 0 Å². The average molecular weight is 385 g/mol. The Balaban J connectivity index is 1.24. The molecule has 152 valence electrons. The maximum Gasteiger partial charge on any atom is 0.226 e. The van der Waals surface area contributed by atoms with E-state index in [0.29, 0.717) is 5.89 Å². The van der Waals surface area contributed by atoms with E-state index < -0.39 is 0 Å². The van der Waals surface area contributed by atoms with Crippen molar-refractivity contribution in [3.63, 3.8) is 0 Å². The van der Waals surface area contributed by atoms with Gasteiger partial charge in [-0.2, -0.15) is 0 Å². The Morgan fingerprint density at radius 1 is 1.18 bits per heavy atom. The number of rotatable bonds is 8. The largest absolute Gasteiger partial charge is 0.494 e. The summed E-state index contributed by atoms with van der Waals surface area (Å²) in [6, 6.07) is 8.80. The lowest BCUT2D eigenvalue weighted by Crippen LogP contribution is -2.42. The second-order valence-electron chi connectivity index (χ2n) is 7.92. The lowest BCUT2D eigenvalue weighted by Gasteiger charge is -2.25. The topological polar surface area (TPSA) is 53.8 Å². The summed E-state index contributed by atoms with van der Waals surface area (Å²) in [5.74, 6) is 1.59. The Bertz CT molecular complexity index is 724. The number of ether oxygens (including phenoxy) is 1. The van der Waals surface area contributed by atoms with E-state index in [9.17, 15) is 0 Å². The molecule has 0 bridgehead atoms. The van der Waals surface area contributed by atoms with Crippen molar-refractivity contribution in [3.05, 3.63) is 36.2 Å². The van der Waals surface area contributed by atoms with Gasteiger partial charge < -0.3 is 19.4 Å². The first-order valence-corrected chi connectivity index (χ1v) is 10.6. The van der Waals surface area contributed by atoms with Crippen molar-refractivity contribution in [3.8, 4) is 17.2 Å². The first-order valence-electron chi connectivity index (χ1n) is 10.6. The molecule has 0 aliphatic carbocycles. The Kier molecular flexibility index (Phi) is 6.62. The number of nitrogens with zero attached hydrogens (tertiary/aromatic N) is 3. The van der Waals surface area contributed by atoms with E-state index in [1.807, 2.05) is 24.3 Å². The SMILES string of the molecule is CC1CCCN1CCCOc1ccc(-c2nc(CN3CCNCC3)co2)cc1. The Morgan fingerprint density at radius 3 is 2.75 bits per heavy atom. The van der Waals surface area contributed by atoms with Gasteiger partial charge in [-0.25, -0.2) is 4.98 Å². The van der Waals surface area contributed by atoms with Crippen LogP contribution in [-0.2, 0) is 6.54 Å². The number of aromatic nitrogens is 1. The molecule has 2 aliphatic heterocycles. The molecule has 0 radical (unpaired) electrons. The van der Waals surface area contributed by atoms with Crippen molar-refractivity contribution in [2.75, 3.05) is 45.9 Å². The maximum atomic E-state index is 5.91. The van der Waals surface area contributed by atoms with Crippen molar-refractivity contribution in [2.45, 2.75) is 38.8 Å². The summed E-state index contributed by atoms with van der Waals surface area (Å²) < 4.78 is 11.6. The minimum Gasteiger partial charge on any atom is -0.494 e. The summed E-state index contributed by atoms with van der Waals surface area (Å²) in [4.78, 5) is 9.62. The van der Waals surface area contributed by atoms with Gasteiger partial charge in [0.15, 0.2) is 0 Å². The van der Waals surface area contributed by atoms with Gasteiger partial charge >= 0.3 is 0 Å². The van der Waals surface area contributed by atoms with Crippen LogP contribution in [0.25, 0.3) is 11.5 Å². The van der Waals surface area contributed by atoms with Crippen molar-refractivity contribution in [1.82, 2.24) is 20.1 Å². The van der Waals surface area contributed by atoms with Gasteiger partial charge in [0.25, 0.3) is 0 Å². The van der Waals surface area contributed by atoms with Gasteiger partial charge in [-0.1, -0.05) is 0 Å². The van der Waals surface area contributed by atoms with E-state index >= 15 is 0 Å². The highest BCUT2D eigenvalue weighted by molar-refractivity contribution is 5.54. The van der Waals surface area contributed by atoms with E-state index in [0.717, 1.165) is 75.3 Å². The number of likely N-dealkylation sites (tertiary alicyclic amines) is 1. The zero-order chi connectivity index (χ0) is 19.2. The molecule has 0 spiro atoms. The van der Waals surface area contributed by atoms with Crippen LogP contribution in [0.4, 0.5) is 0 Å². The molecular weight excluding hydrogens is 352 g/mol. The molecule has 2 aromatic rings. The van der Waals surface area contributed by atoms with E-state index in [-0.39, 0.29) is 0 Å². The summed E-state index contributed by atoms with van der Waals surface area (Å²) in [6.07, 6.45) is 5.52. The highest BCUT2D eigenvalue weighted by Gasteiger charge is 2.19. The fourth-order valence-electron chi connectivity index (χ4n) is 4.09. The van der Waals surface area contributed by atoms with Crippen LogP contribution in [0.2, 0.25) is 0 Å².